The van der Waals surface area contributed by atoms with E-state index in [1.165, 1.54) is 44.4 Å². The van der Waals surface area contributed by atoms with Gasteiger partial charge < -0.3 is 14.8 Å². The minimum Gasteiger partial charge on any atom is -0.496 e. The van der Waals surface area contributed by atoms with Crippen LogP contribution in [0.1, 0.15) is 17.3 Å². The van der Waals surface area contributed by atoms with Gasteiger partial charge in [0.2, 0.25) is 10.0 Å². The van der Waals surface area contributed by atoms with Gasteiger partial charge in [0.25, 0.3) is 5.91 Å². The van der Waals surface area contributed by atoms with Crippen molar-refractivity contribution < 1.29 is 27.5 Å². The normalized spacial score (nSPS) is 12.1. The van der Waals surface area contributed by atoms with E-state index in [1.807, 2.05) is 0 Å². The van der Waals surface area contributed by atoms with Crippen LogP contribution in [0.4, 0.5) is 5.69 Å². The van der Waals surface area contributed by atoms with E-state index >= 15 is 0 Å². The molecular weight excluding hydrogens is 360 g/mol. The van der Waals surface area contributed by atoms with E-state index < -0.39 is 28.0 Å². The van der Waals surface area contributed by atoms with Crippen LogP contribution in [0, 0.1) is 0 Å². The van der Waals surface area contributed by atoms with Crippen molar-refractivity contribution in [3.05, 3.63) is 54.1 Å². The number of sulfonamides is 1. The van der Waals surface area contributed by atoms with Crippen LogP contribution in [-0.2, 0) is 19.6 Å². The number of carbonyl (C=O) groups is 2. The van der Waals surface area contributed by atoms with Crippen molar-refractivity contribution in [3.8, 4) is 5.75 Å². The maximum Gasteiger partial charge on any atom is 0.342 e. The Morgan fingerprint density at radius 2 is 1.69 bits per heavy atom. The monoisotopic (exact) mass is 378 g/mol. The van der Waals surface area contributed by atoms with Crippen LogP contribution >= 0.6 is 0 Å². The molecule has 1 atom stereocenters. The maximum atomic E-state index is 12.2. The second-order valence-electron chi connectivity index (χ2n) is 5.31. The molecule has 2 aromatic carbocycles. The molecule has 0 saturated heterocycles. The summed E-state index contributed by atoms with van der Waals surface area (Å²) in [5.41, 5.74) is 0.537. The summed E-state index contributed by atoms with van der Waals surface area (Å²) in [5.74, 6) is -0.935. The smallest absolute Gasteiger partial charge is 0.342 e. The molecule has 26 heavy (non-hydrogen) atoms. The molecule has 3 N–H and O–H groups in total. The van der Waals surface area contributed by atoms with Crippen molar-refractivity contribution >= 4 is 27.6 Å². The number of esters is 1. The lowest BCUT2D eigenvalue weighted by Gasteiger charge is -2.15. The molecule has 0 saturated carbocycles. The Kier molecular flexibility index (Phi) is 5.96. The number of amides is 1. The number of hydrogen-bond donors (Lipinski definition) is 2. The summed E-state index contributed by atoms with van der Waals surface area (Å²) < 4.78 is 32.6. The Bertz CT molecular complexity index is 909. The van der Waals surface area contributed by atoms with E-state index in [0.717, 1.165) is 0 Å². The van der Waals surface area contributed by atoms with Crippen molar-refractivity contribution in [1.29, 1.82) is 0 Å². The summed E-state index contributed by atoms with van der Waals surface area (Å²) >= 11 is 0. The highest BCUT2D eigenvalue weighted by atomic mass is 32.2. The van der Waals surface area contributed by atoms with Crippen molar-refractivity contribution in [2.75, 3.05) is 12.4 Å². The van der Waals surface area contributed by atoms with Gasteiger partial charge in [0.1, 0.15) is 11.3 Å². The summed E-state index contributed by atoms with van der Waals surface area (Å²) in [6, 6.07) is 11.8. The number of carbonyl (C=O) groups excluding carboxylic acids is 2. The lowest BCUT2D eigenvalue weighted by molar-refractivity contribution is -0.123. The summed E-state index contributed by atoms with van der Waals surface area (Å²) in [6.07, 6.45) is -1.08. The van der Waals surface area contributed by atoms with Crippen LogP contribution in [-0.4, -0.2) is 33.5 Å². The minimum atomic E-state index is -3.81. The molecule has 0 bridgehead atoms. The molecule has 8 nitrogen and oxygen atoms in total. The Balaban J connectivity index is 2.02. The van der Waals surface area contributed by atoms with E-state index in [-0.39, 0.29) is 10.5 Å². The molecule has 0 spiro atoms. The molecule has 2 rings (SSSR count). The second-order valence-corrected chi connectivity index (χ2v) is 6.87. The zero-order chi connectivity index (χ0) is 19.3. The lowest BCUT2D eigenvalue weighted by Crippen LogP contribution is -2.30. The molecule has 1 amide bonds. The molecule has 0 aliphatic rings. The predicted octanol–water partition coefficient (Wildman–Crippen LogP) is 1.53. The van der Waals surface area contributed by atoms with Gasteiger partial charge in [0, 0.05) is 5.69 Å². The summed E-state index contributed by atoms with van der Waals surface area (Å²) in [6.45, 7) is 1.42. The minimum absolute atomic E-state index is 0.0776. The Morgan fingerprint density at radius 3 is 2.27 bits per heavy atom. The van der Waals surface area contributed by atoms with E-state index in [1.54, 1.807) is 18.2 Å². The van der Waals surface area contributed by atoms with Crippen molar-refractivity contribution in [2.45, 2.75) is 17.9 Å². The Hall–Kier alpha value is -2.91. The van der Waals surface area contributed by atoms with Crippen molar-refractivity contribution in [3.63, 3.8) is 0 Å². The standard InChI is InChI=1S/C17H18N2O6S/c1-11(25-17(21)14-5-3-4-6-15(14)24-2)16(20)19-12-7-9-13(10-8-12)26(18,22)23/h3-11H,1-2H3,(H,19,20)(H2,18,22,23)/t11-/m1/s1. The van der Waals surface area contributed by atoms with Gasteiger partial charge in [-0.3, -0.25) is 4.79 Å². The molecule has 0 radical (unpaired) electrons. The first-order chi connectivity index (χ1) is 12.2. The molecule has 0 aliphatic heterocycles. The highest BCUT2D eigenvalue weighted by molar-refractivity contribution is 7.89. The van der Waals surface area contributed by atoms with Crippen LogP contribution in [0.15, 0.2) is 53.4 Å². The Labute approximate surface area is 151 Å². The fourth-order valence-electron chi connectivity index (χ4n) is 2.06. The molecule has 0 aliphatic carbocycles. The number of primary sulfonamides is 1. The topological polar surface area (TPSA) is 125 Å². The summed E-state index contributed by atoms with van der Waals surface area (Å²) in [5, 5.41) is 7.53. The third kappa shape index (κ3) is 4.80. The van der Waals surface area contributed by atoms with E-state index in [2.05, 4.69) is 5.32 Å². The zero-order valence-corrected chi connectivity index (χ0v) is 14.9. The van der Waals surface area contributed by atoms with Crippen LogP contribution in [0.2, 0.25) is 0 Å². The number of anilines is 1. The van der Waals surface area contributed by atoms with Gasteiger partial charge in [0.05, 0.1) is 12.0 Å². The number of nitrogens with one attached hydrogen (secondary N) is 1. The second kappa shape index (κ2) is 7.98. The number of nitrogens with two attached hydrogens (primary N) is 1. The SMILES string of the molecule is COc1ccccc1C(=O)O[C@H](C)C(=O)Nc1ccc(S(N)(=O)=O)cc1. The fourth-order valence-corrected chi connectivity index (χ4v) is 2.58. The third-order valence-corrected chi connectivity index (χ3v) is 4.36. The first-order valence-electron chi connectivity index (χ1n) is 7.50. The number of methoxy groups -OCH3 is 1. The van der Waals surface area contributed by atoms with Gasteiger partial charge >= 0.3 is 5.97 Å². The molecule has 2 aromatic rings. The molecule has 0 fully saturated rings. The molecule has 138 valence electrons. The summed E-state index contributed by atoms with van der Waals surface area (Å²) in [4.78, 5) is 24.3. The van der Waals surface area contributed by atoms with Gasteiger partial charge in [-0.25, -0.2) is 18.4 Å². The average molecular weight is 378 g/mol. The highest BCUT2D eigenvalue weighted by Crippen LogP contribution is 2.19. The van der Waals surface area contributed by atoms with E-state index in [9.17, 15) is 18.0 Å². The highest BCUT2D eigenvalue weighted by Gasteiger charge is 2.21. The fraction of sp³-hybridized carbons (Fsp3) is 0.176. The largest absolute Gasteiger partial charge is 0.496 e. The molecule has 0 aromatic heterocycles. The van der Waals surface area contributed by atoms with E-state index in [0.29, 0.717) is 11.4 Å². The molecule has 0 unspecified atom stereocenters. The summed E-state index contributed by atoms with van der Waals surface area (Å²) in [7, 11) is -2.39. The number of ether oxygens (including phenoxy) is 2. The molecular formula is C17H18N2O6S. The van der Waals surface area contributed by atoms with Crippen LogP contribution in [0.25, 0.3) is 0 Å². The number of hydrogen-bond acceptors (Lipinski definition) is 6. The maximum absolute atomic E-state index is 12.2. The first kappa shape index (κ1) is 19.4. The first-order valence-corrected chi connectivity index (χ1v) is 9.04. The third-order valence-electron chi connectivity index (χ3n) is 3.43. The number of benzene rings is 2. The quantitative estimate of drug-likeness (QED) is 0.735. The number of rotatable bonds is 6. The van der Waals surface area contributed by atoms with Gasteiger partial charge in [-0.05, 0) is 43.3 Å². The van der Waals surface area contributed by atoms with Gasteiger partial charge in [-0.2, -0.15) is 0 Å². The predicted molar refractivity (Wildman–Crippen MR) is 94.3 cm³/mol. The average Bonchev–Trinajstić information content (AvgIpc) is 2.61. The van der Waals surface area contributed by atoms with Crippen LogP contribution < -0.4 is 15.2 Å². The number of para-hydroxylation sites is 1. The lowest BCUT2D eigenvalue weighted by atomic mass is 10.2. The van der Waals surface area contributed by atoms with Gasteiger partial charge in [-0.15, -0.1) is 0 Å². The van der Waals surface area contributed by atoms with E-state index in [4.69, 9.17) is 14.6 Å². The van der Waals surface area contributed by atoms with Crippen LogP contribution in [0.5, 0.6) is 5.75 Å². The van der Waals surface area contributed by atoms with Crippen LogP contribution in [0.3, 0.4) is 0 Å². The zero-order valence-electron chi connectivity index (χ0n) is 14.1. The Morgan fingerprint density at radius 1 is 1.08 bits per heavy atom. The molecule has 0 heterocycles. The van der Waals surface area contributed by atoms with Crippen molar-refractivity contribution in [2.24, 2.45) is 5.14 Å². The molecule has 9 heteroatoms. The van der Waals surface area contributed by atoms with Gasteiger partial charge in [-0.1, -0.05) is 12.1 Å². The van der Waals surface area contributed by atoms with Crippen molar-refractivity contribution in [1.82, 2.24) is 0 Å². The van der Waals surface area contributed by atoms with Gasteiger partial charge in [0.15, 0.2) is 6.10 Å².